The fourth-order valence-corrected chi connectivity index (χ4v) is 4.30. The Morgan fingerprint density at radius 3 is 2.70 bits per heavy atom. The molecule has 0 bridgehead atoms. The number of halogens is 2. The number of sulfonamides is 1. The maximum absolute atomic E-state index is 12.3. The Bertz CT molecular complexity index is 714. The van der Waals surface area contributed by atoms with E-state index in [-0.39, 0.29) is 10.6 Å². The summed E-state index contributed by atoms with van der Waals surface area (Å²) in [5.74, 6) is 0. The molecular weight excluding hydrogens is 339 g/mol. The zero-order valence-corrected chi connectivity index (χ0v) is 13.6. The highest BCUT2D eigenvalue weighted by Gasteiger charge is 2.17. The molecule has 0 radical (unpaired) electrons. The summed E-state index contributed by atoms with van der Waals surface area (Å²) in [4.78, 5) is 1.15. The van der Waals surface area contributed by atoms with E-state index in [2.05, 4.69) is 10.0 Å². The Morgan fingerprint density at radius 2 is 2.00 bits per heavy atom. The normalized spacial score (nSPS) is 11.6. The number of nitrogens with one attached hydrogen (secondary N) is 2. The Morgan fingerprint density at radius 1 is 1.25 bits per heavy atom. The van der Waals surface area contributed by atoms with Crippen molar-refractivity contribution in [2.45, 2.75) is 11.4 Å². The molecule has 0 saturated heterocycles. The van der Waals surface area contributed by atoms with Crippen LogP contribution in [-0.2, 0) is 16.6 Å². The van der Waals surface area contributed by atoms with Gasteiger partial charge >= 0.3 is 0 Å². The standard InChI is InChI=1S/C12H12Cl2N2O2S2/c1-15-6-9-5-10(7-19-9)20(17,18)16-12-4-8(13)2-3-11(12)14/h2-5,7,15-16H,6H2,1H3. The third-order valence-electron chi connectivity index (χ3n) is 2.46. The minimum absolute atomic E-state index is 0.212. The lowest BCUT2D eigenvalue weighted by Crippen LogP contribution is -2.12. The first-order valence-corrected chi connectivity index (χ1v) is 8.74. The molecule has 0 saturated carbocycles. The second kappa shape index (κ2) is 6.32. The molecule has 4 nitrogen and oxygen atoms in total. The van der Waals surface area contributed by atoms with Gasteiger partial charge in [-0.3, -0.25) is 4.72 Å². The minimum atomic E-state index is -3.66. The summed E-state index contributed by atoms with van der Waals surface area (Å²) in [5.41, 5.74) is 0.264. The van der Waals surface area contributed by atoms with E-state index in [0.29, 0.717) is 16.6 Å². The van der Waals surface area contributed by atoms with Crippen molar-refractivity contribution in [3.8, 4) is 0 Å². The molecule has 0 aliphatic rings. The van der Waals surface area contributed by atoms with Crippen molar-refractivity contribution in [3.05, 3.63) is 44.6 Å². The van der Waals surface area contributed by atoms with Crippen molar-refractivity contribution in [2.24, 2.45) is 0 Å². The third kappa shape index (κ3) is 3.65. The van der Waals surface area contributed by atoms with Crippen LogP contribution in [0.25, 0.3) is 0 Å². The Kier molecular flexibility index (Phi) is 4.93. The lowest BCUT2D eigenvalue weighted by molar-refractivity contribution is 0.601. The van der Waals surface area contributed by atoms with E-state index in [4.69, 9.17) is 23.2 Å². The van der Waals surface area contributed by atoms with Gasteiger partial charge in [0.15, 0.2) is 0 Å². The molecule has 108 valence electrons. The number of benzene rings is 1. The summed E-state index contributed by atoms with van der Waals surface area (Å²) in [6.07, 6.45) is 0. The van der Waals surface area contributed by atoms with Gasteiger partial charge in [-0.15, -0.1) is 11.3 Å². The molecule has 2 rings (SSSR count). The fourth-order valence-electron chi connectivity index (χ4n) is 1.55. The maximum Gasteiger partial charge on any atom is 0.262 e. The molecule has 2 aromatic rings. The van der Waals surface area contributed by atoms with Gasteiger partial charge in [0.1, 0.15) is 0 Å². The highest BCUT2D eigenvalue weighted by molar-refractivity contribution is 7.92. The molecule has 0 spiro atoms. The predicted molar refractivity (Wildman–Crippen MR) is 84.4 cm³/mol. The number of anilines is 1. The Balaban J connectivity index is 2.28. The van der Waals surface area contributed by atoms with Crippen LogP contribution in [0, 0.1) is 0 Å². The van der Waals surface area contributed by atoms with Crippen molar-refractivity contribution >= 4 is 50.2 Å². The molecule has 2 N–H and O–H groups in total. The summed E-state index contributed by atoms with van der Waals surface area (Å²) >= 11 is 13.2. The summed E-state index contributed by atoms with van der Waals surface area (Å²) in [6, 6.07) is 6.24. The van der Waals surface area contributed by atoms with Crippen LogP contribution < -0.4 is 10.0 Å². The molecule has 1 heterocycles. The molecule has 1 aromatic carbocycles. The zero-order chi connectivity index (χ0) is 14.8. The van der Waals surface area contributed by atoms with E-state index in [9.17, 15) is 8.42 Å². The van der Waals surface area contributed by atoms with Crippen LogP contribution in [0.5, 0.6) is 0 Å². The summed E-state index contributed by atoms with van der Waals surface area (Å²) in [6.45, 7) is 0.623. The van der Waals surface area contributed by atoms with Crippen molar-refractivity contribution in [2.75, 3.05) is 11.8 Å². The van der Waals surface area contributed by atoms with Gasteiger partial charge in [0.2, 0.25) is 0 Å². The summed E-state index contributed by atoms with van der Waals surface area (Å²) in [7, 11) is -1.86. The molecule has 20 heavy (non-hydrogen) atoms. The lowest BCUT2D eigenvalue weighted by Gasteiger charge is -2.08. The maximum atomic E-state index is 12.3. The van der Waals surface area contributed by atoms with Crippen molar-refractivity contribution < 1.29 is 8.42 Å². The summed E-state index contributed by atoms with van der Waals surface area (Å²) in [5, 5.41) is 5.27. The average molecular weight is 351 g/mol. The van der Waals surface area contributed by atoms with Gasteiger partial charge in [0.05, 0.1) is 15.6 Å². The largest absolute Gasteiger partial charge is 0.315 e. The van der Waals surface area contributed by atoms with Crippen LogP contribution in [0.15, 0.2) is 34.5 Å². The molecule has 0 amide bonds. The highest BCUT2D eigenvalue weighted by Crippen LogP contribution is 2.28. The first-order chi connectivity index (χ1) is 9.42. The number of hydrogen-bond donors (Lipinski definition) is 2. The highest BCUT2D eigenvalue weighted by atomic mass is 35.5. The number of thiophene rings is 1. The minimum Gasteiger partial charge on any atom is -0.315 e. The van der Waals surface area contributed by atoms with E-state index in [1.165, 1.54) is 17.4 Å². The average Bonchev–Trinajstić information content (AvgIpc) is 2.83. The number of rotatable bonds is 5. The third-order valence-corrected chi connectivity index (χ3v) is 5.46. The summed E-state index contributed by atoms with van der Waals surface area (Å²) < 4.78 is 27.0. The van der Waals surface area contributed by atoms with E-state index < -0.39 is 10.0 Å². The SMILES string of the molecule is CNCc1cc(S(=O)(=O)Nc2cc(Cl)ccc2Cl)cs1. The number of hydrogen-bond acceptors (Lipinski definition) is 4. The van der Waals surface area contributed by atoms with Crippen molar-refractivity contribution in [3.63, 3.8) is 0 Å². The molecule has 1 aromatic heterocycles. The van der Waals surface area contributed by atoms with Crippen LogP contribution in [0.2, 0.25) is 10.0 Å². The van der Waals surface area contributed by atoms with Gasteiger partial charge in [-0.2, -0.15) is 0 Å². The van der Waals surface area contributed by atoms with Crippen LogP contribution in [0.4, 0.5) is 5.69 Å². The molecule has 0 aliphatic heterocycles. The predicted octanol–water partition coefficient (Wildman–Crippen LogP) is 3.58. The second-order valence-corrected chi connectivity index (χ2v) is 7.53. The van der Waals surface area contributed by atoms with E-state index in [1.54, 1.807) is 30.6 Å². The fraction of sp³-hybridized carbons (Fsp3) is 0.167. The van der Waals surface area contributed by atoms with Gasteiger partial charge in [-0.05, 0) is 31.3 Å². The van der Waals surface area contributed by atoms with Crippen LogP contribution in [0.1, 0.15) is 4.88 Å². The molecule has 0 atom stereocenters. The van der Waals surface area contributed by atoms with Crippen molar-refractivity contribution in [1.29, 1.82) is 0 Å². The van der Waals surface area contributed by atoms with Crippen LogP contribution in [-0.4, -0.2) is 15.5 Å². The molecule has 0 unspecified atom stereocenters. The van der Waals surface area contributed by atoms with Crippen molar-refractivity contribution in [1.82, 2.24) is 5.32 Å². The van der Waals surface area contributed by atoms with Gasteiger partial charge in [-0.25, -0.2) is 8.42 Å². The zero-order valence-electron chi connectivity index (χ0n) is 10.5. The monoisotopic (exact) mass is 350 g/mol. The first-order valence-electron chi connectivity index (χ1n) is 5.62. The second-order valence-electron chi connectivity index (χ2n) is 4.01. The van der Waals surface area contributed by atoms with E-state index in [0.717, 1.165) is 4.88 Å². The smallest absolute Gasteiger partial charge is 0.262 e. The lowest BCUT2D eigenvalue weighted by atomic mass is 10.3. The first kappa shape index (κ1) is 15.6. The molecule has 8 heteroatoms. The topological polar surface area (TPSA) is 58.2 Å². The van der Waals surface area contributed by atoms with Gasteiger partial charge < -0.3 is 5.32 Å². The Labute approximate surface area is 131 Å². The van der Waals surface area contributed by atoms with Gasteiger partial charge in [0.25, 0.3) is 10.0 Å². The molecule has 0 fully saturated rings. The van der Waals surface area contributed by atoms with Gasteiger partial charge in [0, 0.05) is 21.8 Å². The van der Waals surface area contributed by atoms with Gasteiger partial charge in [-0.1, -0.05) is 23.2 Å². The Hall–Kier alpha value is -0.790. The molecule has 0 aliphatic carbocycles. The van der Waals surface area contributed by atoms with Crippen LogP contribution >= 0.6 is 34.5 Å². The van der Waals surface area contributed by atoms with Crippen LogP contribution in [0.3, 0.4) is 0 Å². The van der Waals surface area contributed by atoms with E-state index >= 15 is 0 Å². The van der Waals surface area contributed by atoms with E-state index in [1.807, 2.05) is 0 Å². The molecular formula is C12H12Cl2N2O2S2. The quantitative estimate of drug-likeness (QED) is 0.866.